The Hall–Kier alpha value is -1.81. The molecule has 1 aliphatic rings. The summed E-state index contributed by atoms with van der Waals surface area (Å²) in [5.74, 6) is 1.40. The maximum Gasteiger partial charge on any atom is 0.251 e. The van der Waals surface area contributed by atoms with E-state index in [-0.39, 0.29) is 5.91 Å². The first-order valence-corrected chi connectivity index (χ1v) is 8.67. The van der Waals surface area contributed by atoms with Gasteiger partial charge in [0.05, 0.1) is 7.11 Å². The zero-order valence-corrected chi connectivity index (χ0v) is 14.7. The number of rotatable bonds is 5. The van der Waals surface area contributed by atoms with Gasteiger partial charge in [-0.3, -0.25) is 4.79 Å². The van der Waals surface area contributed by atoms with Crippen molar-refractivity contribution in [1.29, 1.82) is 0 Å². The number of hydrogen-bond donors (Lipinski definition) is 1. The summed E-state index contributed by atoms with van der Waals surface area (Å²) in [6.45, 7) is 0.691. The minimum atomic E-state index is -0.0126. The van der Waals surface area contributed by atoms with Gasteiger partial charge in [0.1, 0.15) is 5.75 Å². The van der Waals surface area contributed by atoms with Crippen molar-refractivity contribution >= 4 is 21.8 Å². The number of methoxy groups -OCH3 is 1. The van der Waals surface area contributed by atoms with Gasteiger partial charge < -0.3 is 10.1 Å². The minimum Gasteiger partial charge on any atom is -0.497 e. The highest BCUT2D eigenvalue weighted by molar-refractivity contribution is 9.10. The highest BCUT2D eigenvalue weighted by Crippen LogP contribution is 2.37. The fourth-order valence-corrected chi connectivity index (χ4v) is 3.42. The molecule has 23 heavy (non-hydrogen) atoms. The average molecular weight is 374 g/mol. The van der Waals surface area contributed by atoms with Crippen molar-refractivity contribution in [2.24, 2.45) is 0 Å². The molecule has 0 radical (unpaired) electrons. The van der Waals surface area contributed by atoms with Crippen molar-refractivity contribution in [2.75, 3.05) is 13.7 Å². The largest absolute Gasteiger partial charge is 0.497 e. The summed E-state index contributed by atoms with van der Waals surface area (Å²) in [5, 5.41) is 3.02. The molecule has 0 aliphatic heterocycles. The number of hydrogen-bond acceptors (Lipinski definition) is 2. The molecule has 1 atom stereocenters. The third-order valence-electron chi connectivity index (χ3n) is 4.44. The second kappa shape index (κ2) is 7.18. The maximum absolute atomic E-state index is 12.1. The fraction of sp³-hybridized carbons (Fsp3) is 0.316. The zero-order chi connectivity index (χ0) is 16.2. The second-order valence-corrected chi connectivity index (χ2v) is 6.77. The van der Waals surface area contributed by atoms with Gasteiger partial charge in [0.2, 0.25) is 0 Å². The summed E-state index contributed by atoms with van der Waals surface area (Å²) in [6, 6.07) is 13.8. The lowest BCUT2D eigenvalue weighted by Gasteiger charge is -2.13. The van der Waals surface area contributed by atoms with Crippen LogP contribution in [0.1, 0.15) is 40.2 Å². The van der Waals surface area contributed by atoms with Gasteiger partial charge in [-0.1, -0.05) is 22.0 Å². The molecule has 4 heteroatoms. The highest BCUT2D eigenvalue weighted by atomic mass is 79.9. The third-order valence-corrected chi connectivity index (χ3v) is 4.97. The molecule has 0 spiro atoms. The van der Waals surface area contributed by atoms with Gasteiger partial charge in [-0.15, -0.1) is 0 Å². The second-order valence-electron chi connectivity index (χ2n) is 5.85. The molecule has 120 valence electrons. The van der Waals surface area contributed by atoms with Crippen LogP contribution in [0.25, 0.3) is 0 Å². The van der Waals surface area contributed by atoms with E-state index in [0.717, 1.165) is 29.5 Å². The van der Waals surface area contributed by atoms with Gasteiger partial charge >= 0.3 is 0 Å². The fourth-order valence-electron chi connectivity index (χ4n) is 3.16. The van der Waals surface area contributed by atoms with Gasteiger partial charge in [-0.05, 0) is 72.7 Å². The number of halogens is 1. The molecule has 1 aliphatic carbocycles. The lowest BCUT2D eigenvalue weighted by Crippen LogP contribution is -2.25. The summed E-state index contributed by atoms with van der Waals surface area (Å²) in [4.78, 5) is 12.1. The summed E-state index contributed by atoms with van der Waals surface area (Å²) in [6.07, 6.45) is 3.23. The van der Waals surface area contributed by atoms with E-state index in [2.05, 4.69) is 33.4 Å². The van der Waals surface area contributed by atoms with E-state index < -0.39 is 0 Å². The van der Waals surface area contributed by atoms with E-state index in [9.17, 15) is 4.79 Å². The minimum absolute atomic E-state index is 0.0126. The zero-order valence-electron chi connectivity index (χ0n) is 13.1. The third kappa shape index (κ3) is 3.75. The quantitative estimate of drug-likeness (QED) is 0.847. The van der Waals surface area contributed by atoms with Crippen LogP contribution in [-0.2, 0) is 6.42 Å². The molecule has 3 nitrogen and oxygen atoms in total. The van der Waals surface area contributed by atoms with Crippen LogP contribution in [0.3, 0.4) is 0 Å². The van der Waals surface area contributed by atoms with E-state index in [0.29, 0.717) is 18.0 Å². The summed E-state index contributed by atoms with van der Waals surface area (Å²) in [7, 11) is 1.70. The van der Waals surface area contributed by atoms with Crippen LogP contribution in [0.5, 0.6) is 5.75 Å². The Labute approximate surface area is 145 Å². The number of ether oxygens (including phenoxy) is 1. The van der Waals surface area contributed by atoms with Crippen LogP contribution >= 0.6 is 15.9 Å². The molecule has 0 heterocycles. The van der Waals surface area contributed by atoms with Gasteiger partial charge in [0, 0.05) is 16.6 Å². The molecule has 0 fully saturated rings. The number of benzene rings is 2. The first kappa shape index (κ1) is 16.1. The molecule has 1 unspecified atom stereocenters. The monoisotopic (exact) mass is 373 g/mol. The lowest BCUT2D eigenvalue weighted by atomic mass is 9.97. The van der Waals surface area contributed by atoms with Gasteiger partial charge in [0.25, 0.3) is 5.91 Å². The molecule has 1 amide bonds. The molecule has 0 aromatic heterocycles. The van der Waals surface area contributed by atoms with E-state index in [1.165, 1.54) is 11.1 Å². The van der Waals surface area contributed by atoms with E-state index >= 15 is 0 Å². The topological polar surface area (TPSA) is 38.3 Å². The van der Waals surface area contributed by atoms with Crippen molar-refractivity contribution < 1.29 is 9.53 Å². The van der Waals surface area contributed by atoms with Crippen LogP contribution in [0.2, 0.25) is 0 Å². The molecule has 1 N–H and O–H groups in total. The molecule has 0 bridgehead atoms. The molecule has 0 saturated heterocycles. The molecular weight excluding hydrogens is 354 g/mol. The number of amides is 1. The summed E-state index contributed by atoms with van der Waals surface area (Å²) >= 11 is 3.38. The van der Waals surface area contributed by atoms with E-state index in [1.54, 1.807) is 7.11 Å². The number of aryl methyl sites for hydroxylation is 1. The van der Waals surface area contributed by atoms with Crippen molar-refractivity contribution in [3.05, 3.63) is 63.6 Å². The first-order valence-electron chi connectivity index (χ1n) is 7.88. The Balaban J connectivity index is 1.56. The van der Waals surface area contributed by atoms with E-state index in [4.69, 9.17) is 4.74 Å². The maximum atomic E-state index is 12.1. The first-order chi connectivity index (χ1) is 11.2. The Morgan fingerprint density at radius 2 is 2.04 bits per heavy atom. The van der Waals surface area contributed by atoms with Crippen LogP contribution in [0.4, 0.5) is 0 Å². The van der Waals surface area contributed by atoms with Gasteiger partial charge in [0.15, 0.2) is 0 Å². The Kier molecular flexibility index (Phi) is 5.01. The molecule has 2 aromatic carbocycles. The highest BCUT2D eigenvalue weighted by Gasteiger charge is 2.22. The molecular formula is C19H20BrNO2. The van der Waals surface area contributed by atoms with Crippen LogP contribution in [0.15, 0.2) is 46.9 Å². The number of nitrogens with one attached hydrogen (secondary N) is 1. The Morgan fingerprint density at radius 1 is 1.26 bits per heavy atom. The van der Waals surface area contributed by atoms with Crippen LogP contribution < -0.4 is 10.1 Å². The van der Waals surface area contributed by atoms with E-state index in [1.807, 2.05) is 30.3 Å². The number of carbonyl (C=O) groups is 1. The summed E-state index contributed by atoms with van der Waals surface area (Å²) < 4.78 is 6.30. The number of carbonyl (C=O) groups excluding carboxylic acids is 1. The van der Waals surface area contributed by atoms with Crippen molar-refractivity contribution in [3.63, 3.8) is 0 Å². The van der Waals surface area contributed by atoms with Gasteiger partial charge in [-0.25, -0.2) is 0 Å². The molecule has 0 saturated carbocycles. The van der Waals surface area contributed by atoms with Crippen molar-refractivity contribution in [2.45, 2.75) is 25.2 Å². The normalized spacial score (nSPS) is 16.0. The van der Waals surface area contributed by atoms with Crippen molar-refractivity contribution in [1.82, 2.24) is 5.32 Å². The standard InChI is InChI=1S/C19H20BrNO2/c1-23-17-9-6-13-2-3-14(18(13)12-17)10-11-21-19(22)15-4-7-16(20)8-5-15/h4-9,12,14H,2-3,10-11H2,1H3,(H,21,22). The Bertz CT molecular complexity index is 697. The predicted octanol–water partition coefficient (Wildman–Crippen LogP) is 4.31. The van der Waals surface area contributed by atoms with Crippen LogP contribution in [0, 0.1) is 0 Å². The SMILES string of the molecule is COc1ccc2c(c1)C(CCNC(=O)c1ccc(Br)cc1)CC2. The van der Waals surface area contributed by atoms with Crippen LogP contribution in [-0.4, -0.2) is 19.6 Å². The summed E-state index contributed by atoms with van der Waals surface area (Å²) in [5.41, 5.74) is 3.49. The molecule has 2 aromatic rings. The lowest BCUT2D eigenvalue weighted by molar-refractivity contribution is 0.0952. The Morgan fingerprint density at radius 3 is 2.78 bits per heavy atom. The van der Waals surface area contributed by atoms with Crippen molar-refractivity contribution in [3.8, 4) is 5.75 Å². The molecule has 3 rings (SSSR count). The number of fused-ring (bicyclic) bond motifs is 1. The van der Waals surface area contributed by atoms with Gasteiger partial charge in [-0.2, -0.15) is 0 Å². The smallest absolute Gasteiger partial charge is 0.251 e. The predicted molar refractivity (Wildman–Crippen MR) is 95.1 cm³/mol. The average Bonchev–Trinajstić information content (AvgIpc) is 2.97.